The molecule has 3 nitrogen and oxygen atoms in total. The molecule has 3 rings (SSSR count). The smallest absolute Gasteiger partial charge is 0.244 e. The van der Waals surface area contributed by atoms with Crippen LogP contribution < -0.4 is 5.73 Å². The average molecular weight is 286 g/mol. The van der Waals surface area contributed by atoms with Crippen LogP contribution in [0.5, 0.6) is 0 Å². The molecule has 114 valence electrons. The third kappa shape index (κ3) is 3.13. The highest BCUT2D eigenvalue weighted by Crippen LogP contribution is 2.43. The molecule has 1 spiro atoms. The van der Waals surface area contributed by atoms with E-state index < -0.39 is 6.04 Å². The van der Waals surface area contributed by atoms with Gasteiger partial charge in [0.25, 0.3) is 0 Å². The van der Waals surface area contributed by atoms with Crippen molar-refractivity contribution in [2.24, 2.45) is 11.1 Å². The molecule has 0 bridgehead atoms. The molecule has 1 aromatic rings. The quantitative estimate of drug-likeness (QED) is 0.907. The highest BCUT2D eigenvalue weighted by atomic mass is 16.2. The summed E-state index contributed by atoms with van der Waals surface area (Å²) in [5.74, 6) is 0.103. The van der Waals surface area contributed by atoms with Gasteiger partial charge in [0.15, 0.2) is 0 Å². The number of nitrogens with zero attached hydrogens (tertiary/aromatic N) is 1. The molecule has 1 heterocycles. The third-order valence-corrected chi connectivity index (χ3v) is 5.31. The molecular formula is C18H26N2O. The molecular weight excluding hydrogens is 260 g/mol. The number of hydrogen-bond donors (Lipinski definition) is 1. The molecule has 1 saturated heterocycles. The number of hydrogen-bond acceptors (Lipinski definition) is 2. The number of benzene rings is 1. The first-order valence-electron chi connectivity index (χ1n) is 8.30. The molecule has 21 heavy (non-hydrogen) atoms. The first-order valence-corrected chi connectivity index (χ1v) is 8.30. The predicted molar refractivity (Wildman–Crippen MR) is 84.7 cm³/mol. The van der Waals surface area contributed by atoms with Gasteiger partial charge in [-0.05, 0) is 36.7 Å². The highest BCUT2D eigenvalue weighted by molar-refractivity contribution is 5.83. The largest absolute Gasteiger partial charge is 0.340 e. The van der Waals surface area contributed by atoms with E-state index in [0.29, 0.717) is 5.41 Å². The highest BCUT2D eigenvalue weighted by Gasteiger charge is 2.38. The first kappa shape index (κ1) is 14.6. The molecule has 1 unspecified atom stereocenters. The summed E-state index contributed by atoms with van der Waals surface area (Å²) in [6.07, 6.45) is 9.01. The van der Waals surface area contributed by atoms with E-state index in [2.05, 4.69) is 0 Å². The van der Waals surface area contributed by atoms with Crippen molar-refractivity contribution >= 4 is 5.91 Å². The third-order valence-electron chi connectivity index (χ3n) is 5.31. The second-order valence-electron chi connectivity index (χ2n) is 6.81. The fourth-order valence-electron chi connectivity index (χ4n) is 4.11. The number of piperidine rings is 1. The molecule has 1 amide bonds. The van der Waals surface area contributed by atoms with Gasteiger partial charge in [0.1, 0.15) is 6.04 Å². The molecule has 1 aliphatic heterocycles. The lowest BCUT2D eigenvalue weighted by molar-refractivity contribution is -0.137. The van der Waals surface area contributed by atoms with E-state index in [9.17, 15) is 4.79 Å². The van der Waals surface area contributed by atoms with Gasteiger partial charge in [-0.1, -0.05) is 49.6 Å². The van der Waals surface area contributed by atoms with Crippen LogP contribution in [0.3, 0.4) is 0 Å². The normalized spacial score (nSPS) is 23.0. The van der Waals surface area contributed by atoms with Crippen LogP contribution in [0.4, 0.5) is 0 Å². The Hall–Kier alpha value is -1.35. The van der Waals surface area contributed by atoms with Crippen molar-refractivity contribution in [3.8, 4) is 0 Å². The van der Waals surface area contributed by atoms with E-state index in [1.807, 2.05) is 35.2 Å². The lowest BCUT2D eigenvalue weighted by Gasteiger charge is -2.45. The standard InChI is InChI=1S/C18H26N2O/c19-16(15-8-3-1-4-9-15)17(21)20-13-7-12-18(14-20)10-5-2-6-11-18/h1,3-4,8-9,16H,2,5-7,10-14,19H2. The summed E-state index contributed by atoms with van der Waals surface area (Å²) < 4.78 is 0. The van der Waals surface area contributed by atoms with Gasteiger partial charge in [-0.2, -0.15) is 0 Å². The van der Waals surface area contributed by atoms with Gasteiger partial charge in [0.05, 0.1) is 0 Å². The summed E-state index contributed by atoms with van der Waals surface area (Å²) in [5, 5.41) is 0. The molecule has 1 saturated carbocycles. The monoisotopic (exact) mass is 286 g/mol. The van der Waals surface area contributed by atoms with Crippen molar-refractivity contribution < 1.29 is 4.79 Å². The van der Waals surface area contributed by atoms with E-state index in [-0.39, 0.29) is 5.91 Å². The molecule has 2 N–H and O–H groups in total. The van der Waals surface area contributed by atoms with Crippen LogP contribution in [0.1, 0.15) is 56.6 Å². The molecule has 1 atom stereocenters. The number of likely N-dealkylation sites (tertiary alicyclic amines) is 1. The average Bonchev–Trinajstić information content (AvgIpc) is 2.55. The maximum absolute atomic E-state index is 12.7. The van der Waals surface area contributed by atoms with E-state index in [4.69, 9.17) is 5.73 Å². The van der Waals surface area contributed by atoms with Gasteiger partial charge in [-0.25, -0.2) is 0 Å². The summed E-state index contributed by atoms with van der Waals surface area (Å²) in [4.78, 5) is 14.8. The number of carbonyl (C=O) groups is 1. The van der Waals surface area contributed by atoms with Crippen LogP contribution in [-0.2, 0) is 4.79 Å². The van der Waals surface area contributed by atoms with E-state index in [0.717, 1.165) is 25.1 Å². The van der Waals surface area contributed by atoms with Crippen LogP contribution in [0.15, 0.2) is 30.3 Å². The summed E-state index contributed by atoms with van der Waals surface area (Å²) >= 11 is 0. The van der Waals surface area contributed by atoms with Crippen LogP contribution in [0.25, 0.3) is 0 Å². The maximum Gasteiger partial charge on any atom is 0.244 e. The summed E-state index contributed by atoms with van der Waals surface area (Å²) in [6, 6.07) is 9.23. The number of rotatable bonds is 2. The van der Waals surface area contributed by atoms with E-state index in [1.54, 1.807) is 0 Å². The molecule has 0 aromatic heterocycles. The Labute approximate surface area is 127 Å². The van der Waals surface area contributed by atoms with Crippen molar-refractivity contribution in [2.45, 2.75) is 51.0 Å². The Balaban J connectivity index is 1.69. The minimum atomic E-state index is -0.509. The fraction of sp³-hybridized carbons (Fsp3) is 0.611. The second kappa shape index (κ2) is 6.18. The molecule has 2 fully saturated rings. The molecule has 0 radical (unpaired) electrons. The molecule has 1 aromatic carbocycles. The van der Waals surface area contributed by atoms with Gasteiger partial charge in [-0.3, -0.25) is 4.79 Å². The van der Waals surface area contributed by atoms with Crippen molar-refractivity contribution in [2.75, 3.05) is 13.1 Å². The zero-order valence-corrected chi connectivity index (χ0v) is 12.8. The summed E-state index contributed by atoms with van der Waals surface area (Å²) in [7, 11) is 0. The van der Waals surface area contributed by atoms with Crippen molar-refractivity contribution in [3.05, 3.63) is 35.9 Å². The summed E-state index contributed by atoms with van der Waals surface area (Å²) in [5.41, 5.74) is 7.51. The summed E-state index contributed by atoms with van der Waals surface area (Å²) in [6.45, 7) is 1.80. The van der Waals surface area contributed by atoms with Gasteiger partial charge in [-0.15, -0.1) is 0 Å². The van der Waals surface area contributed by atoms with Gasteiger partial charge >= 0.3 is 0 Å². The van der Waals surface area contributed by atoms with Gasteiger partial charge in [0, 0.05) is 13.1 Å². The molecule has 3 heteroatoms. The molecule has 2 aliphatic rings. The predicted octanol–water partition coefficient (Wildman–Crippen LogP) is 3.26. The van der Waals surface area contributed by atoms with Crippen molar-refractivity contribution in [1.82, 2.24) is 4.90 Å². The lowest BCUT2D eigenvalue weighted by Crippen LogP contribution is -2.49. The molecule has 1 aliphatic carbocycles. The minimum Gasteiger partial charge on any atom is -0.340 e. The lowest BCUT2D eigenvalue weighted by atomic mass is 9.69. The van der Waals surface area contributed by atoms with Crippen LogP contribution in [0, 0.1) is 5.41 Å². The fourth-order valence-corrected chi connectivity index (χ4v) is 4.11. The van der Waals surface area contributed by atoms with Crippen LogP contribution >= 0.6 is 0 Å². The van der Waals surface area contributed by atoms with Gasteiger partial charge < -0.3 is 10.6 Å². The van der Waals surface area contributed by atoms with Crippen LogP contribution in [0.2, 0.25) is 0 Å². The zero-order valence-electron chi connectivity index (χ0n) is 12.8. The van der Waals surface area contributed by atoms with Crippen LogP contribution in [-0.4, -0.2) is 23.9 Å². The number of amides is 1. The van der Waals surface area contributed by atoms with Crippen molar-refractivity contribution in [1.29, 1.82) is 0 Å². The van der Waals surface area contributed by atoms with Gasteiger partial charge in [0.2, 0.25) is 5.91 Å². The number of carbonyl (C=O) groups excluding carboxylic acids is 1. The Morgan fingerprint density at radius 2 is 1.71 bits per heavy atom. The number of nitrogens with two attached hydrogens (primary N) is 1. The Morgan fingerprint density at radius 3 is 2.43 bits per heavy atom. The van der Waals surface area contributed by atoms with E-state index in [1.165, 1.54) is 38.5 Å². The Kier molecular flexibility index (Phi) is 4.29. The Morgan fingerprint density at radius 1 is 1.05 bits per heavy atom. The SMILES string of the molecule is NC(C(=O)N1CCCC2(CCCCC2)C1)c1ccccc1. The Bertz CT molecular complexity index is 474. The topological polar surface area (TPSA) is 46.3 Å². The second-order valence-corrected chi connectivity index (χ2v) is 6.81. The first-order chi connectivity index (χ1) is 10.2. The van der Waals surface area contributed by atoms with Crippen molar-refractivity contribution in [3.63, 3.8) is 0 Å². The maximum atomic E-state index is 12.7. The zero-order chi connectivity index (χ0) is 14.7. The van der Waals surface area contributed by atoms with E-state index >= 15 is 0 Å². The minimum absolute atomic E-state index is 0.103.